The van der Waals surface area contributed by atoms with Crippen LogP contribution in [-0.4, -0.2) is 10.1 Å². The summed E-state index contributed by atoms with van der Waals surface area (Å²) in [4.78, 5) is 3.74. The lowest BCUT2D eigenvalue weighted by molar-refractivity contribution is -0.140. The van der Waals surface area contributed by atoms with Crippen LogP contribution in [0.5, 0.6) is 0 Å². The molecule has 0 radical (unpaired) electrons. The predicted molar refractivity (Wildman–Crippen MR) is 64.1 cm³/mol. The number of benzene rings is 1. The molecule has 0 aliphatic heterocycles. The van der Waals surface area contributed by atoms with Gasteiger partial charge >= 0.3 is 6.18 Å². The van der Waals surface area contributed by atoms with Crippen LogP contribution in [0.15, 0.2) is 36.5 Å². The number of aromatic nitrogens is 1. The number of anilines is 1. The molecule has 1 heterocycles. The van der Waals surface area contributed by atoms with Crippen molar-refractivity contribution in [1.29, 1.82) is 0 Å². The van der Waals surface area contributed by atoms with Gasteiger partial charge in [0.25, 0.3) is 0 Å². The standard InChI is InChI=1S/C13H10F4N2O/c14-10-4-3-7(6-9(10)13(15,16)17)11(20)8-2-1-5-19-12(8)18/h1-6,11,20H,(H2,18,19). The molecule has 20 heavy (non-hydrogen) atoms. The van der Waals surface area contributed by atoms with Crippen molar-refractivity contribution in [1.82, 2.24) is 4.98 Å². The number of hydrogen-bond acceptors (Lipinski definition) is 3. The van der Waals surface area contributed by atoms with Gasteiger partial charge in [0, 0.05) is 11.8 Å². The van der Waals surface area contributed by atoms with Gasteiger partial charge in [-0.3, -0.25) is 0 Å². The molecule has 0 aliphatic carbocycles. The van der Waals surface area contributed by atoms with Crippen molar-refractivity contribution in [2.75, 3.05) is 5.73 Å². The summed E-state index contributed by atoms with van der Waals surface area (Å²) in [6.45, 7) is 0. The highest BCUT2D eigenvalue weighted by atomic mass is 19.4. The lowest BCUT2D eigenvalue weighted by Gasteiger charge is -2.15. The second kappa shape index (κ2) is 5.09. The quantitative estimate of drug-likeness (QED) is 0.834. The van der Waals surface area contributed by atoms with E-state index in [1.165, 1.54) is 18.3 Å². The molecule has 106 valence electrons. The number of halogens is 4. The zero-order valence-electron chi connectivity index (χ0n) is 10.0. The summed E-state index contributed by atoms with van der Waals surface area (Å²) in [5, 5.41) is 10.0. The Morgan fingerprint density at radius 3 is 2.50 bits per heavy atom. The summed E-state index contributed by atoms with van der Waals surface area (Å²) in [5.74, 6) is -1.40. The molecule has 1 aromatic carbocycles. The highest BCUT2D eigenvalue weighted by molar-refractivity contribution is 5.45. The van der Waals surface area contributed by atoms with E-state index >= 15 is 0 Å². The fourth-order valence-electron chi connectivity index (χ4n) is 1.77. The Hall–Kier alpha value is -2.15. The Morgan fingerprint density at radius 2 is 1.90 bits per heavy atom. The van der Waals surface area contributed by atoms with E-state index in [1.807, 2.05) is 0 Å². The first-order chi connectivity index (χ1) is 9.30. The molecule has 0 saturated heterocycles. The summed E-state index contributed by atoms with van der Waals surface area (Å²) in [5.41, 5.74) is 4.16. The molecule has 0 amide bonds. The van der Waals surface area contributed by atoms with Gasteiger partial charge in [-0.25, -0.2) is 9.37 Å². The number of alkyl halides is 3. The van der Waals surface area contributed by atoms with Gasteiger partial charge in [-0.2, -0.15) is 13.2 Å². The summed E-state index contributed by atoms with van der Waals surface area (Å²) >= 11 is 0. The van der Waals surface area contributed by atoms with Gasteiger partial charge in [-0.05, 0) is 23.8 Å². The minimum Gasteiger partial charge on any atom is -0.384 e. The molecular formula is C13H10F4N2O. The fraction of sp³-hybridized carbons (Fsp3) is 0.154. The van der Waals surface area contributed by atoms with Gasteiger partial charge in [0.15, 0.2) is 0 Å². The highest BCUT2D eigenvalue weighted by Crippen LogP contribution is 2.34. The maximum atomic E-state index is 13.2. The molecule has 0 spiro atoms. The Bertz CT molecular complexity index is 628. The largest absolute Gasteiger partial charge is 0.419 e. The SMILES string of the molecule is Nc1ncccc1C(O)c1ccc(F)c(C(F)(F)F)c1. The second-order valence-electron chi connectivity index (χ2n) is 4.12. The molecule has 2 rings (SSSR count). The zero-order chi connectivity index (χ0) is 14.9. The zero-order valence-corrected chi connectivity index (χ0v) is 10.0. The lowest BCUT2D eigenvalue weighted by Crippen LogP contribution is -2.11. The third kappa shape index (κ3) is 2.72. The Morgan fingerprint density at radius 1 is 1.20 bits per heavy atom. The van der Waals surface area contributed by atoms with Crippen molar-refractivity contribution in [3.8, 4) is 0 Å². The van der Waals surface area contributed by atoms with Crippen molar-refractivity contribution in [3.05, 3.63) is 59.0 Å². The van der Waals surface area contributed by atoms with E-state index in [1.54, 1.807) is 0 Å². The fourth-order valence-corrected chi connectivity index (χ4v) is 1.77. The van der Waals surface area contributed by atoms with Crippen LogP contribution in [0.4, 0.5) is 23.4 Å². The number of nitrogen functional groups attached to an aromatic ring is 1. The maximum absolute atomic E-state index is 13.2. The van der Waals surface area contributed by atoms with Crippen molar-refractivity contribution < 1.29 is 22.7 Å². The lowest BCUT2D eigenvalue weighted by atomic mass is 10.00. The molecule has 1 aromatic heterocycles. The maximum Gasteiger partial charge on any atom is 0.419 e. The number of aliphatic hydroxyl groups excluding tert-OH is 1. The normalized spacial score (nSPS) is 13.2. The Balaban J connectivity index is 2.46. The van der Waals surface area contributed by atoms with Crippen molar-refractivity contribution in [2.45, 2.75) is 12.3 Å². The number of nitrogens with zero attached hydrogens (tertiary/aromatic N) is 1. The van der Waals surface area contributed by atoms with Crippen LogP contribution in [0.1, 0.15) is 22.8 Å². The van der Waals surface area contributed by atoms with Gasteiger partial charge in [-0.1, -0.05) is 12.1 Å². The topological polar surface area (TPSA) is 59.1 Å². The molecule has 1 unspecified atom stereocenters. The molecule has 0 bridgehead atoms. The average molecular weight is 286 g/mol. The van der Waals surface area contributed by atoms with E-state index in [2.05, 4.69) is 4.98 Å². The molecule has 3 N–H and O–H groups in total. The van der Waals surface area contributed by atoms with E-state index in [0.717, 1.165) is 6.07 Å². The van der Waals surface area contributed by atoms with Crippen LogP contribution < -0.4 is 5.73 Å². The molecule has 0 aliphatic rings. The van der Waals surface area contributed by atoms with E-state index in [4.69, 9.17) is 5.73 Å². The van der Waals surface area contributed by atoms with E-state index < -0.39 is 23.7 Å². The third-order valence-corrected chi connectivity index (χ3v) is 2.78. The number of pyridine rings is 1. The molecule has 7 heteroatoms. The molecule has 0 fully saturated rings. The van der Waals surface area contributed by atoms with E-state index in [-0.39, 0.29) is 16.9 Å². The van der Waals surface area contributed by atoms with Gasteiger partial charge in [0.1, 0.15) is 17.7 Å². The number of nitrogens with two attached hydrogens (primary N) is 1. The van der Waals surface area contributed by atoms with Crippen LogP contribution in [0.3, 0.4) is 0 Å². The first-order valence-corrected chi connectivity index (χ1v) is 5.56. The summed E-state index contributed by atoms with van der Waals surface area (Å²) < 4.78 is 51.0. The molecule has 2 aromatic rings. The summed E-state index contributed by atoms with van der Waals surface area (Å²) in [6, 6.07) is 5.22. The van der Waals surface area contributed by atoms with Crippen LogP contribution in [0.2, 0.25) is 0 Å². The molecule has 0 saturated carbocycles. The van der Waals surface area contributed by atoms with Crippen LogP contribution >= 0.6 is 0 Å². The minimum atomic E-state index is -4.83. The average Bonchev–Trinajstić information content (AvgIpc) is 2.37. The highest BCUT2D eigenvalue weighted by Gasteiger charge is 2.34. The van der Waals surface area contributed by atoms with Gasteiger partial charge in [0.2, 0.25) is 0 Å². The first kappa shape index (κ1) is 14.3. The van der Waals surface area contributed by atoms with Gasteiger partial charge in [0.05, 0.1) is 5.56 Å². The molecule has 1 atom stereocenters. The smallest absolute Gasteiger partial charge is 0.384 e. The van der Waals surface area contributed by atoms with E-state index in [9.17, 15) is 22.7 Å². The summed E-state index contributed by atoms with van der Waals surface area (Å²) in [6.07, 6.45) is -4.86. The van der Waals surface area contributed by atoms with Crippen molar-refractivity contribution in [3.63, 3.8) is 0 Å². The third-order valence-electron chi connectivity index (χ3n) is 2.78. The Kier molecular flexibility index (Phi) is 3.63. The monoisotopic (exact) mass is 286 g/mol. The minimum absolute atomic E-state index is 0.00196. The second-order valence-corrected chi connectivity index (χ2v) is 4.12. The predicted octanol–water partition coefficient (Wildman–Crippen LogP) is 2.90. The van der Waals surface area contributed by atoms with Crippen molar-refractivity contribution in [2.24, 2.45) is 0 Å². The number of rotatable bonds is 2. The first-order valence-electron chi connectivity index (χ1n) is 5.56. The van der Waals surface area contributed by atoms with Crippen molar-refractivity contribution >= 4 is 5.82 Å². The Labute approximate surface area is 111 Å². The number of aliphatic hydroxyl groups is 1. The van der Waals surface area contributed by atoms with Crippen LogP contribution in [-0.2, 0) is 6.18 Å². The molecule has 3 nitrogen and oxygen atoms in total. The molecular weight excluding hydrogens is 276 g/mol. The van der Waals surface area contributed by atoms with Crippen LogP contribution in [0.25, 0.3) is 0 Å². The number of hydrogen-bond donors (Lipinski definition) is 2. The van der Waals surface area contributed by atoms with Crippen LogP contribution in [0, 0.1) is 5.82 Å². The van der Waals surface area contributed by atoms with Gasteiger partial charge < -0.3 is 10.8 Å². The van der Waals surface area contributed by atoms with Gasteiger partial charge in [-0.15, -0.1) is 0 Å². The summed E-state index contributed by atoms with van der Waals surface area (Å²) in [7, 11) is 0. The van der Waals surface area contributed by atoms with E-state index in [0.29, 0.717) is 12.1 Å².